The number of hydrogen-bond donors (Lipinski definition) is 1. The van der Waals surface area contributed by atoms with Crippen LogP contribution < -0.4 is 9.64 Å². The third-order valence-electron chi connectivity index (χ3n) is 5.72. The lowest BCUT2D eigenvalue weighted by atomic mass is 10.00. The van der Waals surface area contributed by atoms with E-state index < -0.39 is 0 Å². The molecule has 28 heavy (non-hydrogen) atoms. The summed E-state index contributed by atoms with van der Waals surface area (Å²) in [6.07, 6.45) is 0.722. The fourth-order valence-electron chi connectivity index (χ4n) is 3.76. The van der Waals surface area contributed by atoms with Gasteiger partial charge in [-0.05, 0) is 48.2 Å². The lowest BCUT2D eigenvalue weighted by Gasteiger charge is -2.41. The number of piperazine rings is 1. The number of nitrogens with zero attached hydrogens (tertiary/aromatic N) is 4. The predicted molar refractivity (Wildman–Crippen MR) is 109 cm³/mol. The average Bonchev–Trinajstić information content (AvgIpc) is 3.17. The van der Waals surface area contributed by atoms with Crippen LogP contribution in [-0.2, 0) is 6.54 Å². The average molecular weight is 389 g/mol. The molecule has 7 nitrogen and oxygen atoms in total. The first-order chi connectivity index (χ1) is 13.4. The highest BCUT2D eigenvalue weighted by Crippen LogP contribution is 2.27. The third-order valence-corrected chi connectivity index (χ3v) is 5.72. The topological polar surface area (TPSA) is 74.9 Å². The van der Waals surface area contributed by atoms with Crippen LogP contribution in [0.2, 0.25) is 0 Å². The van der Waals surface area contributed by atoms with Crippen LogP contribution in [0.15, 0.2) is 16.7 Å². The van der Waals surface area contributed by atoms with Crippen molar-refractivity contribution in [3.63, 3.8) is 0 Å². The molecule has 3 rings (SSSR count). The fourth-order valence-corrected chi connectivity index (χ4v) is 3.76. The van der Waals surface area contributed by atoms with Crippen LogP contribution in [0.1, 0.15) is 48.8 Å². The zero-order valence-electron chi connectivity index (χ0n) is 17.6. The molecule has 1 saturated heterocycles. The van der Waals surface area contributed by atoms with Crippen molar-refractivity contribution < 1.29 is 14.4 Å². The van der Waals surface area contributed by atoms with E-state index in [1.54, 1.807) is 7.11 Å². The second kappa shape index (κ2) is 8.92. The van der Waals surface area contributed by atoms with Gasteiger partial charge in [0.1, 0.15) is 5.75 Å². The summed E-state index contributed by atoms with van der Waals surface area (Å²) in [6.45, 7) is 11.9. The molecule has 0 aliphatic carbocycles. The van der Waals surface area contributed by atoms with E-state index in [1.807, 2.05) is 19.9 Å². The van der Waals surface area contributed by atoms with Gasteiger partial charge < -0.3 is 19.3 Å². The molecule has 0 unspecified atom stereocenters. The Morgan fingerprint density at radius 2 is 2.04 bits per heavy atom. The smallest absolute Gasteiger partial charge is 0.266 e. The second-order valence-electron chi connectivity index (χ2n) is 7.85. The number of methoxy groups -OCH3 is 1. The predicted octanol–water partition coefficient (Wildman–Crippen LogP) is 2.89. The Morgan fingerprint density at radius 1 is 1.25 bits per heavy atom. The van der Waals surface area contributed by atoms with Crippen molar-refractivity contribution in [2.75, 3.05) is 38.3 Å². The highest BCUT2D eigenvalue weighted by molar-refractivity contribution is 5.43. The Balaban J connectivity index is 1.73. The van der Waals surface area contributed by atoms with Gasteiger partial charge >= 0.3 is 0 Å². The van der Waals surface area contributed by atoms with Crippen LogP contribution in [0, 0.1) is 13.8 Å². The number of anilines is 1. The summed E-state index contributed by atoms with van der Waals surface area (Å²) in [5, 5.41) is 13.7. The summed E-state index contributed by atoms with van der Waals surface area (Å²) in [5.74, 6) is 2.47. The van der Waals surface area contributed by atoms with Gasteiger partial charge in [0, 0.05) is 44.7 Å². The van der Waals surface area contributed by atoms with Gasteiger partial charge in [-0.25, -0.2) is 0 Å². The van der Waals surface area contributed by atoms with E-state index >= 15 is 0 Å². The van der Waals surface area contributed by atoms with Gasteiger partial charge in [-0.3, -0.25) is 4.90 Å². The van der Waals surface area contributed by atoms with Crippen LogP contribution >= 0.6 is 0 Å². The van der Waals surface area contributed by atoms with E-state index in [0.717, 1.165) is 38.3 Å². The standard InChI is InChI=1S/C21H32N4O3/c1-14(2)20-22-21(23-28-20)25-10-9-24(18(13-25)8-11-26)12-17-6-7-19(27-5)16(4)15(17)3/h6-7,14,18,26H,8-13H2,1-5H3/t18-/m0/s1. The maximum atomic E-state index is 9.59. The minimum Gasteiger partial charge on any atom is -0.496 e. The summed E-state index contributed by atoms with van der Waals surface area (Å²) in [6, 6.07) is 4.43. The summed E-state index contributed by atoms with van der Waals surface area (Å²) >= 11 is 0. The number of aliphatic hydroxyl groups excluding tert-OH is 1. The van der Waals surface area contributed by atoms with Gasteiger partial charge in [-0.15, -0.1) is 0 Å². The maximum Gasteiger partial charge on any atom is 0.266 e. The largest absolute Gasteiger partial charge is 0.496 e. The number of rotatable bonds is 7. The Labute approximate surface area is 167 Å². The second-order valence-corrected chi connectivity index (χ2v) is 7.85. The first-order valence-electron chi connectivity index (χ1n) is 10.0. The lowest BCUT2D eigenvalue weighted by Crippen LogP contribution is -2.53. The highest BCUT2D eigenvalue weighted by Gasteiger charge is 2.29. The first-order valence-corrected chi connectivity index (χ1v) is 10.0. The molecule has 2 heterocycles. The molecule has 1 aromatic heterocycles. The molecular weight excluding hydrogens is 356 g/mol. The summed E-state index contributed by atoms with van der Waals surface area (Å²) < 4.78 is 10.8. The van der Waals surface area contributed by atoms with Crippen LogP contribution in [0.25, 0.3) is 0 Å². The lowest BCUT2D eigenvalue weighted by molar-refractivity contribution is 0.134. The number of hydrogen-bond acceptors (Lipinski definition) is 7. The van der Waals surface area contributed by atoms with Crippen molar-refractivity contribution in [2.45, 2.75) is 52.6 Å². The molecule has 0 spiro atoms. The van der Waals surface area contributed by atoms with Gasteiger partial charge in [0.05, 0.1) is 7.11 Å². The molecule has 1 aromatic carbocycles. The Kier molecular flexibility index (Phi) is 6.57. The van der Waals surface area contributed by atoms with Crippen LogP contribution in [0.5, 0.6) is 5.75 Å². The number of ether oxygens (including phenoxy) is 1. The van der Waals surface area contributed by atoms with Gasteiger partial charge in [-0.2, -0.15) is 4.98 Å². The minimum absolute atomic E-state index is 0.166. The van der Waals surface area contributed by atoms with Crippen molar-refractivity contribution in [1.82, 2.24) is 15.0 Å². The van der Waals surface area contributed by atoms with Gasteiger partial charge in [0.15, 0.2) is 0 Å². The molecule has 0 amide bonds. The van der Waals surface area contributed by atoms with E-state index in [9.17, 15) is 5.11 Å². The van der Waals surface area contributed by atoms with E-state index in [-0.39, 0.29) is 18.6 Å². The zero-order valence-corrected chi connectivity index (χ0v) is 17.6. The molecule has 7 heteroatoms. The SMILES string of the molecule is COc1ccc(CN2CCN(c3noc(C(C)C)n3)C[C@@H]2CCO)c(C)c1C. The molecule has 1 aliphatic heterocycles. The molecule has 1 atom stereocenters. The molecule has 0 bridgehead atoms. The Bertz CT molecular complexity index is 790. The normalized spacial score (nSPS) is 18.1. The van der Waals surface area contributed by atoms with E-state index in [0.29, 0.717) is 11.8 Å². The first kappa shape index (κ1) is 20.6. The van der Waals surface area contributed by atoms with Gasteiger partial charge in [0.25, 0.3) is 5.95 Å². The van der Waals surface area contributed by atoms with Crippen molar-refractivity contribution >= 4 is 5.95 Å². The molecular formula is C21H32N4O3. The van der Waals surface area contributed by atoms with Crippen molar-refractivity contribution in [3.8, 4) is 5.75 Å². The number of benzene rings is 1. The van der Waals surface area contributed by atoms with Crippen LogP contribution in [-0.4, -0.2) is 59.5 Å². The summed E-state index contributed by atoms with van der Waals surface area (Å²) in [7, 11) is 1.71. The monoisotopic (exact) mass is 388 g/mol. The van der Waals surface area contributed by atoms with E-state index in [4.69, 9.17) is 9.26 Å². The molecule has 1 fully saturated rings. The van der Waals surface area contributed by atoms with Gasteiger partial charge in [-0.1, -0.05) is 19.9 Å². The summed E-state index contributed by atoms with van der Waals surface area (Å²) in [4.78, 5) is 9.15. The Hall–Kier alpha value is -2.12. The maximum absolute atomic E-state index is 9.59. The van der Waals surface area contributed by atoms with Crippen molar-refractivity contribution in [2.24, 2.45) is 0 Å². The fraction of sp³-hybridized carbons (Fsp3) is 0.619. The van der Waals surface area contributed by atoms with Gasteiger partial charge in [0.2, 0.25) is 5.89 Å². The third kappa shape index (κ3) is 4.31. The van der Waals surface area contributed by atoms with Crippen LogP contribution in [0.3, 0.4) is 0 Å². The van der Waals surface area contributed by atoms with E-state index in [2.05, 4.69) is 39.9 Å². The number of aromatic nitrogens is 2. The van der Waals surface area contributed by atoms with Crippen molar-refractivity contribution in [1.29, 1.82) is 0 Å². The molecule has 1 N–H and O–H groups in total. The van der Waals surface area contributed by atoms with Crippen molar-refractivity contribution in [3.05, 3.63) is 34.7 Å². The molecule has 0 radical (unpaired) electrons. The number of aliphatic hydroxyl groups is 1. The van der Waals surface area contributed by atoms with E-state index in [1.165, 1.54) is 16.7 Å². The molecule has 154 valence electrons. The quantitative estimate of drug-likeness (QED) is 0.782. The van der Waals surface area contributed by atoms with Crippen LogP contribution in [0.4, 0.5) is 5.95 Å². The highest BCUT2D eigenvalue weighted by atomic mass is 16.5. The summed E-state index contributed by atoms with van der Waals surface area (Å²) in [5.41, 5.74) is 3.76. The Morgan fingerprint density at radius 3 is 2.68 bits per heavy atom. The molecule has 1 aliphatic rings. The minimum atomic E-state index is 0.166. The molecule has 2 aromatic rings. The molecule has 0 saturated carbocycles. The zero-order chi connectivity index (χ0) is 20.3.